The third-order valence-corrected chi connectivity index (χ3v) is 5.23. The van der Waals surface area contributed by atoms with Crippen molar-refractivity contribution in [2.45, 2.75) is 58.7 Å². The third-order valence-electron chi connectivity index (χ3n) is 5.23. The Morgan fingerprint density at radius 1 is 1.15 bits per heavy atom. The molecule has 2 fully saturated rings. The first-order chi connectivity index (χ1) is 9.56. The molecule has 1 aliphatic heterocycles. The largest absolute Gasteiger partial charge is 0.369 e. The summed E-state index contributed by atoms with van der Waals surface area (Å²) in [6.45, 7) is 11.1. The first-order valence-electron chi connectivity index (χ1n) is 7.95. The summed E-state index contributed by atoms with van der Waals surface area (Å²) in [5.41, 5.74) is 5.52. The lowest BCUT2D eigenvalue weighted by molar-refractivity contribution is -0.0861. The summed E-state index contributed by atoms with van der Waals surface area (Å²) in [6, 6.07) is 6.53. The summed E-state index contributed by atoms with van der Waals surface area (Å²) in [7, 11) is 0. The minimum atomic E-state index is 0.218. The summed E-state index contributed by atoms with van der Waals surface area (Å²) in [4.78, 5) is 0. The van der Waals surface area contributed by atoms with Gasteiger partial charge in [-0.25, -0.2) is 0 Å². The summed E-state index contributed by atoms with van der Waals surface area (Å²) in [6.07, 6.45) is 5.41. The number of hydrogen-bond donors (Lipinski definition) is 0. The summed E-state index contributed by atoms with van der Waals surface area (Å²) >= 11 is 0. The van der Waals surface area contributed by atoms with E-state index in [1.807, 2.05) is 0 Å². The molecule has 0 aromatic heterocycles. The first kappa shape index (κ1) is 13.9. The number of fused-ring (bicyclic) bond motifs is 1. The van der Waals surface area contributed by atoms with E-state index in [0.717, 1.165) is 12.3 Å². The molecule has 0 amide bonds. The average molecular weight is 270 g/mol. The minimum Gasteiger partial charge on any atom is -0.369 e. The van der Waals surface area contributed by atoms with E-state index in [9.17, 15) is 0 Å². The molecule has 0 bridgehead atoms. The van der Waals surface area contributed by atoms with Gasteiger partial charge in [0.15, 0.2) is 0 Å². The molecule has 0 radical (unpaired) electrons. The van der Waals surface area contributed by atoms with E-state index in [1.165, 1.54) is 41.5 Å². The molecule has 1 saturated heterocycles. The van der Waals surface area contributed by atoms with Gasteiger partial charge in [-0.3, -0.25) is 0 Å². The van der Waals surface area contributed by atoms with Crippen LogP contribution in [-0.4, -0.2) is 6.10 Å². The van der Waals surface area contributed by atoms with E-state index in [2.05, 4.69) is 45.5 Å². The van der Waals surface area contributed by atoms with Crippen LogP contribution in [0.3, 0.4) is 0 Å². The zero-order chi connectivity index (χ0) is 14.3. The fraction of sp³-hybridized carbons (Fsp3) is 0.579. The number of ether oxygens (including phenoxy) is 1. The van der Waals surface area contributed by atoms with Crippen molar-refractivity contribution in [1.82, 2.24) is 0 Å². The van der Waals surface area contributed by atoms with E-state index < -0.39 is 0 Å². The van der Waals surface area contributed by atoms with Gasteiger partial charge in [0.2, 0.25) is 0 Å². The van der Waals surface area contributed by atoms with E-state index in [1.54, 1.807) is 0 Å². The van der Waals surface area contributed by atoms with Crippen molar-refractivity contribution in [1.29, 1.82) is 0 Å². The van der Waals surface area contributed by atoms with Crippen LogP contribution in [0.5, 0.6) is 0 Å². The van der Waals surface area contributed by atoms with Crippen molar-refractivity contribution in [3.05, 3.63) is 47.0 Å². The van der Waals surface area contributed by atoms with Crippen molar-refractivity contribution in [3.63, 3.8) is 0 Å². The molecular formula is C19H26O. The first-order valence-corrected chi connectivity index (χ1v) is 7.95. The van der Waals surface area contributed by atoms with Gasteiger partial charge in [-0.15, -0.1) is 0 Å². The minimum absolute atomic E-state index is 0.218. The number of aryl methyl sites for hydroxylation is 2. The molecule has 3 rings (SSSR count). The average Bonchev–Trinajstić information content (AvgIpc) is 2.38. The van der Waals surface area contributed by atoms with Gasteiger partial charge < -0.3 is 4.74 Å². The Bertz CT molecular complexity index is 496. The molecule has 1 heterocycles. The molecule has 0 spiro atoms. The van der Waals surface area contributed by atoms with Gasteiger partial charge in [0, 0.05) is 5.92 Å². The van der Waals surface area contributed by atoms with E-state index in [0.29, 0.717) is 12.0 Å². The summed E-state index contributed by atoms with van der Waals surface area (Å²) < 4.78 is 6.52. The highest BCUT2D eigenvalue weighted by Gasteiger charge is 2.38. The monoisotopic (exact) mass is 270 g/mol. The molecule has 1 aromatic rings. The van der Waals surface area contributed by atoms with Gasteiger partial charge in [0.25, 0.3) is 0 Å². The Morgan fingerprint density at radius 2 is 1.85 bits per heavy atom. The van der Waals surface area contributed by atoms with E-state index >= 15 is 0 Å². The quantitative estimate of drug-likeness (QED) is 0.643. The van der Waals surface area contributed by atoms with Crippen LogP contribution in [0.2, 0.25) is 0 Å². The smallest absolute Gasteiger partial charge is 0.0871 e. The van der Waals surface area contributed by atoms with Crippen LogP contribution in [0.25, 0.3) is 0 Å². The van der Waals surface area contributed by atoms with Crippen molar-refractivity contribution in [2.24, 2.45) is 11.8 Å². The molecule has 0 N–H and O–H groups in total. The second-order valence-corrected chi connectivity index (χ2v) is 6.86. The molecule has 0 unspecified atom stereocenters. The predicted octanol–water partition coefficient (Wildman–Crippen LogP) is 5.13. The van der Waals surface area contributed by atoms with Crippen LogP contribution >= 0.6 is 0 Å². The van der Waals surface area contributed by atoms with E-state index in [4.69, 9.17) is 4.74 Å². The topological polar surface area (TPSA) is 9.23 Å². The maximum Gasteiger partial charge on any atom is 0.0871 e. The van der Waals surface area contributed by atoms with Crippen LogP contribution in [0, 0.1) is 25.7 Å². The summed E-state index contributed by atoms with van der Waals surface area (Å²) in [5.74, 6) is 1.40. The van der Waals surface area contributed by atoms with Crippen LogP contribution in [-0.2, 0) is 4.74 Å². The standard InChI is InChI=1S/C19H26O/c1-12-8-9-16-15(4)11-18(20-17(16)10-12)19-13(2)6-5-7-14(19)3/h5-7,12,16-18H,4,8-11H2,1-3H3/t12-,16+,17-,18-/m1/s1. The van der Waals surface area contributed by atoms with Gasteiger partial charge in [-0.2, -0.15) is 0 Å². The Labute approximate surface area is 123 Å². The van der Waals surface area contributed by atoms with Crippen molar-refractivity contribution in [3.8, 4) is 0 Å². The highest BCUT2D eigenvalue weighted by molar-refractivity contribution is 5.37. The Balaban J connectivity index is 1.87. The van der Waals surface area contributed by atoms with Crippen molar-refractivity contribution < 1.29 is 4.74 Å². The molecule has 4 atom stereocenters. The van der Waals surface area contributed by atoms with Gasteiger partial charge in [-0.1, -0.05) is 37.3 Å². The molecule has 1 aliphatic carbocycles. The third kappa shape index (κ3) is 2.44. The number of benzene rings is 1. The van der Waals surface area contributed by atoms with Crippen LogP contribution in [0.1, 0.15) is 55.4 Å². The zero-order valence-electron chi connectivity index (χ0n) is 13.0. The molecule has 1 saturated carbocycles. The van der Waals surface area contributed by atoms with Gasteiger partial charge >= 0.3 is 0 Å². The van der Waals surface area contributed by atoms with Crippen LogP contribution in [0.4, 0.5) is 0 Å². The zero-order valence-corrected chi connectivity index (χ0v) is 13.0. The SMILES string of the molecule is C=C1C[C@H](c2c(C)cccc2C)O[C@@H]2C[C@H](C)CC[C@@H]12. The van der Waals surface area contributed by atoms with Gasteiger partial charge in [0.05, 0.1) is 12.2 Å². The molecule has 1 heteroatoms. The highest BCUT2D eigenvalue weighted by Crippen LogP contribution is 2.45. The molecule has 2 aliphatic rings. The fourth-order valence-corrected chi connectivity index (χ4v) is 4.10. The van der Waals surface area contributed by atoms with Gasteiger partial charge in [0.1, 0.15) is 0 Å². The lowest BCUT2D eigenvalue weighted by Gasteiger charge is -2.43. The fourth-order valence-electron chi connectivity index (χ4n) is 4.10. The molecule has 108 valence electrons. The van der Waals surface area contributed by atoms with Gasteiger partial charge in [-0.05, 0) is 62.1 Å². The highest BCUT2D eigenvalue weighted by atomic mass is 16.5. The molecule has 1 nitrogen and oxygen atoms in total. The van der Waals surface area contributed by atoms with Crippen molar-refractivity contribution in [2.75, 3.05) is 0 Å². The normalized spacial score (nSPS) is 33.9. The second kappa shape index (κ2) is 5.37. The lowest BCUT2D eigenvalue weighted by atomic mass is 9.73. The lowest BCUT2D eigenvalue weighted by Crippen LogP contribution is -2.37. The number of hydrogen-bond acceptors (Lipinski definition) is 1. The van der Waals surface area contributed by atoms with E-state index in [-0.39, 0.29) is 6.10 Å². The molecule has 1 aromatic carbocycles. The van der Waals surface area contributed by atoms with Crippen LogP contribution in [0.15, 0.2) is 30.4 Å². The predicted molar refractivity (Wildman–Crippen MR) is 83.8 cm³/mol. The molecular weight excluding hydrogens is 244 g/mol. The Morgan fingerprint density at radius 3 is 2.55 bits per heavy atom. The Hall–Kier alpha value is -1.08. The Kier molecular flexibility index (Phi) is 3.72. The molecule has 20 heavy (non-hydrogen) atoms. The summed E-state index contributed by atoms with van der Waals surface area (Å²) in [5, 5.41) is 0. The second-order valence-electron chi connectivity index (χ2n) is 6.86. The maximum absolute atomic E-state index is 6.52. The van der Waals surface area contributed by atoms with Crippen LogP contribution < -0.4 is 0 Å². The number of rotatable bonds is 1. The maximum atomic E-state index is 6.52. The van der Waals surface area contributed by atoms with Crippen molar-refractivity contribution >= 4 is 0 Å².